The van der Waals surface area contributed by atoms with Gasteiger partial charge in [0.25, 0.3) is 0 Å². The van der Waals surface area contributed by atoms with Gasteiger partial charge >= 0.3 is 17.9 Å². The summed E-state index contributed by atoms with van der Waals surface area (Å²) in [5.74, 6) is -3.67. The number of carboxylic acids is 3. The third-order valence-electron chi connectivity index (χ3n) is 6.79. The quantitative estimate of drug-likeness (QED) is 0.199. The summed E-state index contributed by atoms with van der Waals surface area (Å²) in [5, 5.41) is 25.1. The molecule has 0 heterocycles. The number of carboxylic acid groups (broad SMARTS) is 3. The zero-order chi connectivity index (χ0) is 31.4. The molecule has 3 N–H and O–H groups in total. The molecule has 43 heavy (non-hydrogen) atoms. The zero-order valence-corrected chi connectivity index (χ0v) is 25.5. The summed E-state index contributed by atoms with van der Waals surface area (Å²) in [7, 11) is 0. The maximum absolute atomic E-state index is 12.2. The second-order valence-electron chi connectivity index (χ2n) is 9.50. The first-order chi connectivity index (χ1) is 19.8. The van der Waals surface area contributed by atoms with E-state index in [1.54, 1.807) is 22.3 Å². The zero-order valence-electron chi connectivity index (χ0n) is 23.9. The standard InChI is InChI=1S/C12H17.3C7H5FO2.Ti/c1-8-9(2)11-6-4-5-7-12(11)10(8)3;3*8-6-3-1-5(2-4-6)7(9)10;/h6,10H,4-5,7H2,1-3H3;3*1-4H,(H,9,10);/q-1;;;;. The minimum Gasteiger partial charge on any atom is -0.478 e. The molecule has 6 nitrogen and oxygen atoms in total. The van der Waals surface area contributed by atoms with Crippen molar-refractivity contribution in [3.8, 4) is 0 Å². The van der Waals surface area contributed by atoms with Crippen LogP contribution in [0.15, 0.2) is 95.1 Å². The molecule has 0 amide bonds. The van der Waals surface area contributed by atoms with E-state index in [0.29, 0.717) is 0 Å². The van der Waals surface area contributed by atoms with Gasteiger partial charge in [-0.3, -0.25) is 0 Å². The normalized spacial score (nSPS) is 14.6. The second kappa shape index (κ2) is 17.8. The van der Waals surface area contributed by atoms with Crippen molar-refractivity contribution in [1.82, 2.24) is 0 Å². The second-order valence-corrected chi connectivity index (χ2v) is 9.50. The molecule has 0 saturated carbocycles. The Hall–Kier alpha value is -4.08. The molecule has 0 radical (unpaired) electrons. The first kappa shape index (κ1) is 36.9. The molecule has 0 aliphatic heterocycles. The van der Waals surface area contributed by atoms with Gasteiger partial charge in [-0.2, -0.15) is 23.1 Å². The van der Waals surface area contributed by atoms with Crippen molar-refractivity contribution in [2.45, 2.75) is 40.0 Å². The Morgan fingerprint density at radius 1 is 0.674 bits per heavy atom. The third-order valence-corrected chi connectivity index (χ3v) is 6.79. The Morgan fingerprint density at radius 2 is 1.00 bits per heavy atom. The van der Waals surface area contributed by atoms with Crippen LogP contribution in [0, 0.1) is 29.8 Å². The Bertz CT molecular complexity index is 1320. The minimum absolute atomic E-state index is 0. The van der Waals surface area contributed by atoms with Gasteiger partial charge in [-0.25, -0.2) is 27.6 Å². The van der Waals surface area contributed by atoms with Crippen molar-refractivity contribution in [2.75, 3.05) is 0 Å². The van der Waals surface area contributed by atoms with Gasteiger partial charge in [-0.15, -0.1) is 5.57 Å². The fraction of sp³-hybridized carbons (Fsp3) is 0.212. The van der Waals surface area contributed by atoms with Crippen molar-refractivity contribution in [3.05, 3.63) is 136 Å². The van der Waals surface area contributed by atoms with Gasteiger partial charge in [-0.05, 0) is 72.8 Å². The molecule has 0 fully saturated rings. The first-order valence-corrected chi connectivity index (χ1v) is 13.0. The van der Waals surface area contributed by atoms with E-state index in [4.69, 9.17) is 15.3 Å². The summed E-state index contributed by atoms with van der Waals surface area (Å²) >= 11 is 0. The van der Waals surface area contributed by atoms with Crippen molar-refractivity contribution >= 4 is 17.9 Å². The Balaban J connectivity index is 0.000000286. The van der Waals surface area contributed by atoms with E-state index in [0.717, 1.165) is 42.3 Å². The number of hydrogen-bond donors (Lipinski definition) is 3. The molecule has 1 unspecified atom stereocenters. The van der Waals surface area contributed by atoms with Crippen LogP contribution in [0.2, 0.25) is 0 Å². The van der Waals surface area contributed by atoms with E-state index in [2.05, 4.69) is 27.2 Å². The average molecular weight is 629 g/mol. The fourth-order valence-electron chi connectivity index (χ4n) is 4.22. The van der Waals surface area contributed by atoms with Crippen molar-refractivity contribution < 1.29 is 64.6 Å². The molecular formula is C33H32F3O6Ti-. The van der Waals surface area contributed by atoms with E-state index >= 15 is 0 Å². The number of carbonyl (C=O) groups is 3. The average Bonchev–Trinajstić information content (AvgIpc) is 3.19. The Kier molecular flexibility index (Phi) is 15.3. The van der Waals surface area contributed by atoms with Gasteiger partial charge in [0.15, 0.2) is 0 Å². The van der Waals surface area contributed by atoms with Crippen LogP contribution in [0.5, 0.6) is 0 Å². The van der Waals surface area contributed by atoms with E-state index in [-0.39, 0.29) is 38.4 Å². The third kappa shape index (κ3) is 11.6. The molecule has 0 saturated heterocycles. The molecule has 5 rings (SSSR count). The molecule has 226 valence electrons. The van der Waals surface area contributed by atoms with Gasteiger partial charge in [0, 0.05) is 21.7 Å². The molecule has 0 bridgehead atoms. The SMILES string of the molecule is CC1=C(C)C(C)C2=C1[CH-]CCC2.O=C(O)c1ccc(F)cc1.O=C(O)c1ccc(F)cc1.O=C(O)c1ccc(F)cc1.[Ti]. The number of rotatable bonds is 3. The van der Waals surface area contributed by atoms with Crippen molar-refractivity contribution in [2.24, 2.45) is 5.92 Å². The molecule has 0 aromatic heterocycles. The molecule has 10 heteroatoms. The number of hydrogen-bond acceptors (Lipinski definition) is 3. The minimum atomic E-state index is -1.04. The van der Waals surface area contributed by atoms with E-state index in [1.165, 1.54) is 55.7 Å². The summed E-state index contributed by atoms with van der Waals surface area (Å²) in [5.41, 5.74) is 6.74. The largest absolute Gasteiger partial charge is 0.478 e. The summed E-state index contributed by atoms with van der Waals surface area (Å²) < 4.78 is 36.5. The van der Waals surface area contributed by atoms with Crippen molar-refractivity contribution in [1.29, 1.82) is 0 Å². The number of allylic oxidation sites excluding steroid dienone is 4. The van der Waals surface area contributed by atoms with Crippen LogP contribution >= 0.6 is 0 Å². The van der Waals surface area contributed by atoms with Crippen LogP contribution in [0.1, 0.15) is 71.1 Å². The maximum atomic E-state index is 12.2. The molecule has 2 aliphatic rings. The number of aromatic carboxylic acids is 3. The Morgan fingerprint density at radius 3 is 1.28 bits per heavy atom. The smallest absolute Gasteiger partial charge is 0.335 e. The van der Waals surface area contributed by atoms with Gasteiger partial charge in [0.2, 0.25) is 0 Å². The molecule has 3 aromatic carbocycles. The predicted molar refractivity (Wildman–Crippen MR) is 153 cm³/mol. The maximum Gasteiger partial charge on any atom is 0.335 e. The Labute approximate surface area is 263 Å². The molecule has 2 aliphatic carbocycles. The van der Waals surface area contributed by atoms with Crippen LogP contribution in [-0.4, -0.2) is 33.2 Å². The summed E-state index contributed by atoms with van der Waals surface area (Å²) in [6.07, 6.45) is 6.42. The van der Waals surface area contributed by atoms with Crippen LogP contribution in [-0.2, 0) is 21.7 Å². The summed E-state index contributed by atoms with van der Waals surface area (Å²) in [6.45, 7) is 6.91. The predicted octanol–water partition coefficient (Wildman–Crippen LogP) is 8.23. The van der Waals surface area contributed by atoms with E-state index in [1.807, 2.05) is 0 Å². The summed E-state index contributed by atoms with van der Waals surface area (Å²) in [4.78, 5) is 30.6. The molecule has 3 aromatic rings. The molecular weight excluding hydrogens is 597 g/mol. The van der Waals surface area contributed by atoms with Crippen molar-refractivity contribution in [3.63, 3.8) is 0 Å². The van der Waals surface area contributed by atoms with Gasteiger partial charge in [-0.1, -0.05) is 46.0 Å². The fourth-order valence-corrected chi connectivity index (χ4v) is 4.22. The van der Waals surface area contributed by atoms with Crippen LogP contribution in [0.3, 0.4) is 0 Å². The van der Waals surface area contributed by atoms with E-state index in [9.17, 15) is 27.6 Å². The van der Waals surface area contributed by atoms with Gasteiger partial charge in [0.05, 0.1) is 16.7 Å². The van der Waals surface area contributed by atoms with E-state index < -0.39 is 35.4 Å². The van der Waals surface area contributed by atoms with Gasteiger partial charge < -0.3 is 15.3 Å². The monoisotopic (exact) mass is 629 g/mol. The van der Waals surface area contributed by atoms with Crippen LogP contribution < -0.4 is 0 Å². The summed E-state index contributed by atoms with van der Waals surface area (Å²) in [6, 6.07) is 14.0. The number of benzene rings is 3. The first-order valence-electron chi connectivity index (χ1n) is 13.0. The van der Waals surface area contributed by atoms with Crippen LogP contribution in [0.25, 0.3) is 0 Å². The van der Waals surface area contributed by atoms with Crippen LogP contribution in [0.4, 0.5) is 13.2 Å². The number of halogens is 3. The molecule has 0 spiro atoms. The van der Waals surface area contributed by atoms with Gasteiger partial charge in [0.1, 0.15) is 17.5 Å². The topological polar surface area (TPSA) is 112 Å². The molecule has 1 atom stereocenters.